The SMILES string of the molecule is CCCC(C)Oc1ccccc1OC(=O)c1ccc(C(C)OCC)cc1. The van der Waals surface area contributed by atoms with Crippen molar-refractivity contribution in [2.45, 2.75) is 52.7 Å². The third-order valence-corrected chi connectivity index (χ3v) is 4.11. The number of rotatable bonds is 9. The Morgan fingerprint density at radius 2 is 1.62 bits per heavy atom. The zero-order valence-electron chi connectivity index (χ0n) is 16.0. The Bertz CT molecular complexity index is 694. The molecule has 0 aliphatic heterocycles. The van der Waals surface area contributed by atoms with E-state index in [2.05, 4.69) is 6.92 Å². The molecule has 140 valence electrons. The average molecular weight is 356 g/mol. The lowest BCUT2D eigenvalue weighted by Crippen LogP contribution is -2.14. The van der Waals surface area contributed by atoms with Crippen molar-refractivity contribution in [1.82, 2.24) is 0 Å². The summed E-state index contributed by atoms with van der Waals surface area (Å²) >= 11 is 0. The maximum absolute atomic E-state index is 12.5. The zero-order chi connectivity index (χ0) is 18.9. The molecule has 0 N–H and O–H groups in total. The summed E-state index contributed by atoms with van der Waals surface area (Å²) in [5.74, 6) is 0.621. The summed E-state index contributed by atoms with van der Waals surface area (Å²) in [6.45, 7) is 8.73. The molecule has 0 spiro atoms. The van der Waals surface area contributed by atoms with Crippen LogP contribution < -0.4 is 9.47 Å². The highest BCUT2D eigenvalue weighted by Gasteiger charge is 2.14. The topological polar surface area (TPSA) is 44.8 Å². The van der Waals surface area contributed by atoms with Gasteiger partial charge in [0.2, 0.25) is 0 Å². The van der Waals surface area contributed by atoms with Crippen molar-refractivity contribution in [3.05, 3.63) is 59.7 Å². The van der Waals surface area contributed by atoms with E-state index in [1.165, 1.54) is 0 Å². The minimum atomic E-state index is -0.403. The van der Waals surface area contributed by atoms with Crippen LogP contribution in [0.15, 0.2) is 48.5 Å². The summed E-state index contributed by atoms with van der Waals surface area (Å²) in [5.41, 5.74) is 1.52. The fourth-order valence-electron chi connectivity index (χ4n) is 2.71. The highest BCUT2D eigenvalue weighted by molar-refractivity contribution is 5.91. The van der Waals surface area contributed by atoms with E-state index in [0.29, 0.717) is 23.7 Å². The summed E-state index contributed by atoms with van der Waals surface area (Å²) in [6.07, 6.45) is 2.05. The molecular formula is C22H28O4. The Morgan fingerprint density at radius 3 is 2.23 bits per heavy atom. The van der Waals surface area contributed by atoms with Gasteiger partial charge >= 0.3 is 5.97 Å². The molecule has 0 heterocycles. The Balaban J connectivity index is 2.08. The fourth-order valence-corrected chi connectivity index (χ4v) is 2.71. The summed E-state index contributed by atoms with van der Waals surface area (Å²) < 4.78 is 17.0. The van der Waals surface area contributed by atoms with Crippen molar-refractivity contribution in [3.63, 3.8) is 0 Å². The Labute approximate surface area is 156 Å². The number of carbonyl (C=O) groups is 1. The lowest BCUT2D eigenvalue weighted by molar-refractivity contribution is 0.0719. The second-order valence-electron chi connectivity index (χ2n) is 6.27. The summed E-state index contributed by atoms with van der Waals surface area (Å²) in [4.78, 5) is 12.5. The van der Waals surface area contributed by atoms with Crippen LogP contribution in [0.5, 0.6) is 11.5 Å². The van der Waals surface area contributed by atoms with Crippen LogP contribution in [0.25, 0.3) is 0 Å². The van der Waals surface area contributed by atoms with E-state index in [1.54, 1.807) is 18.2 Å². The molecule has 26 heavy (non-hydrogen) atoms. The minimum absolute atomic E-state index is 0.000695. The summed E-state index contributed by atoms with van der Waals surface area (Å²) in [6, 6.07) is 14.6. The molecule has 0 aliphatic rings. The van der Waals surface area contributed by atoms with Gasteiger partial charge in [-0.1, -0.05) is 37.6 Å². The van der Waals surface area contributed by atoms with E-state index in [1.807, 2.05) is 51.1 Å². The zero-order valence-corrected chi connectivity index (χ0v) is 16.0. The third-order valence-electron chi connectivity index (χ3n) is 4.11. The van der Waals surface area contributed by atoms with E-state index >= 15 is 0 Å². The van der Waals surface area contributed by atoms with Gasteiger partial charge in [0.15, 0.2) is 11.5 Å². The number of hydrogen-bond donors (Lipinski definition) is 0. The van der Waals surface area contributed by atoms with Gasteiger partial charge in [0.1, 0.15) is 0 Å². The van der Waals surface area contributed by atoms with Crippen molar-refractivity contribution in [1.29, 1.82) is 0 Å². The standard InChI is InChI=1S/C22H28O4/c1-5-9-16(3)25-20-10-7-8-11-21(20)26-22(23)19-14-12-18(13-15-19)17(4)24-6-2/h7-8,10-17H,5-6,9H2,1-4H3. The summed E-state index contributed by atoms with van der Waals surface area (Å²) in [7, 11) is 0. The molecule has 0 aliphatic carbocycles. The van der Waals surface area contributed by atoms with Crippen LogP contribution >= 0.6 is 0 Å². The largest absolute Gasteiger partial charge is 0.487 e. The number of ether oxygens (including phenoxy) is 3. The molecule has 0 saturated heterocycles. The van der Waals surface area contributed by atoms with Gasteiger partial charge in [-0.2, -0.15) is 0 Å². The lowest BCUT2D eigenvalue weighted by Gasteiger charge is -2.16. The van der Waals surface area contributed by atoms with E-state index in [0.717, 1.165) is 18.4 Å². The van der Waals surface area contributed by atoms with E-state index in [9.17, 15) is 4.79 Å². The van der Waals surface area contributed by atoms with Gasteiger partial charge in [-0.3, -0.25) is 0 Å². The number of para-hydroxylation sites is 2. The highest BCUT2D eigenvalue weighted by Crippen LogP contribution is 2.29. The predicted molar refractivity (Wildman–Crippen MR) is 103 cm³/mol. The van der Waals surface area contributed by atoms with Gasteiger partial charge in [0.25, 0.3) is 0 Å². The predicted octanol–water partition coefficient (Wildman–Crippen LogP) is 5.57. The normalized spacial score (nSPS) is 13.1. The van der Waals surface area contributed by atoms with Crippen LogP contribution in [0.3, 0.4) is 0 Å². The molecule has 0 amide bonds. The quantitative estimate of drug-likeness (QED) is 0.435. The Hall–Kier alpha value is -2.33. The molecule has 4 nitrogen and oxygen atoms in total. The monoisotopic (exact) mass is 356 g/mol. The molecule has 2 aromatic rings. The summed E-state index contributed by atoms with van der Waals surface area (Å²) in [5, 5.41) is 0. The number of benzene rings is 2. The Kier molecular flexibility index (Phi) is 7.67. The van der Waals surface area contributed by atoms with Crippen LogP contribution in [0.2, 0.25) is 0 Å². The fraction of sp³-hybridized carbons (Fsp3) is 0.409. The molecule has 0 fully saturated rings. The van der Waals surface area contributed by atoms with Gasteiger partial charge < -0.3 is 14.2 Å². The van der Waals surface area contributed by atoms with Crippen molar-refractivity contribution < 1.29 is 19.0 Å². The van der Waals surface area contributed by atoms with E-state index < -0.39 is 5.97 Å². The third kappa shape index (κ3) is 5.60. The second kappa shape index (κ2) is 9.97. The van der Waals surface area contributed by atoms with Crippen LogP contribution in [0.1, 0.15) is 62.6 Å². The second-order valence-corrected chi connectivity index (χ2v) is 6.27. The first-order valence-electron chi connectivity index (χ1n) is 9.24. The highest BCUT2D eigenvalue weighted by atomic mass is 16.6. The van der Waals surface area contributed by atoms with Crippen LogP contribution in [0.4, 0.5) is 0 Å². The molecular weight excluding hydrogens is 328 g/mol. The smallest absolute Gasteiger partial charge is 0.343 e. The van der Waals surface area contributed by atoms with Gasteiger partial charge in [-0.25, -0.2) is 4.79 Å². The average Bonchev–Trinajstić information content (AvgIpc) is 2.64. The molecule has 0 radical (unpaired) electrons. The van der Waals surface area contributed by atoms with Gasteiger partial charge in [-0.15, -0.1) is 0 Å². The maximum Gasteiger partial charge on any atom is 0.343 e. The first kappa shape index (κ1) is 20.0. The van der Waals surface area contributed by atoms with E-state index in [-0.39, 0.29) is 12.2 Å². The molecule has 0 bridgehead atoms. The van der Waals surface area contributed by atoms with Crippen LogP contribution in [-0.2, 0) is 4.74 Å². The van der Waals surface area contributed by atoms with Crippen molar-refractivity contribution >= 4 is 5.97 Å². The van der Waals surface area contributed by atoms with Crippen LogP contribution in [0, 0.1) is 0 Å². The molecule has 2 rings (SSSR count). The molecule has 2 unspecified atom stereocenters. The number of esters is 1. The van der Waals surface area contributed by atoms with Gasteiger partial charge in [0.05, 0.1) is 17.8 Å². The van der Waals surface area contributed by atoms with Gasteiger partial charge in [-0.05, 0) is 57.0 Å². The molecule has 2 atom stereocenters. The van der Waals surface area contributed by atoms with E-state index in [4.69, 9.17) is 14.2 Å². The number of carbonyl (C=O) groups excluding carboxylic acids is 1. The van der Waals surface area contributed by atoms with Gasteiger partial charge in [0, 0.05) is 6.61 Å². The van der Waals surface area contributed by atoms with Crippen LogP contribution in [-0.4, -0.2) is 18.7 Å². The number of hydrogen-bond acceptors (Lipinski definition) is 4. The minimum Gasteiger partial charge on any atom is -0.487 e. The first-order valence-corrected chi connectivity index (χ1v) is 9.24. The molecule has 4 heteroatoms. The Morgan fingerprint density at radius 1 is 0.962 bits per heavy atom. The van der Waals surface area contributed by atoms with Crippen molar-refractivity contribution in [3.8, 4) is 11.5 Å². The van der Waals surface area contributed by atoms with Crippen molar-refractivity contribution in [2.75, 3.05) is 6.61 Å². The lowest BCUT2D eigenvalue weighted by atomic mass is 10.1. The molecule has 0 saturated carbocycles. The van der Waals surface area contributed by atoms with Crippen molar-refractivity contribution in [2.24, 2.45) is 0 Å². The maximum atomic E-state index is 12.5. The molecule has 0 aromatic heterocycles. The molecule has 2 aromatic carbocycles. The first-order chi connectivity index (χ1) is 12.5.